The fourth-order valence-electron chi connectivity index (χ4n) is 5.94. The Morgan fingerprint density at radius 3 is 1.97 bits per heavy atom. The van der Waals surface area contributed by atoms with Crippen LogP contribution in [0.3, 0.4) is 0 Å². The van der Waals surface area contributed by atoms with Crippen LogP contribution in [-0.4, -0.2) is 11.7 Å². The predicted molar refractivity (Wildman–Crippen MR) is 148 cm³/mol. The standard InChI is InChI=1S/C33H47NO/c1-2-13-28-15-17-29(18-16-28)30-19-21-31(22-20-30)32-14-12-24-33(26-32,27-34)23-10-8-6-4-3-5-7-9-11-25-35/h15-22,32,35H,2-14,23-26H2,1H3. The molecule has 3 rings (SSSR count). The number of aryl methyl sites for hydroxylation is 1. The lowest BCUT2D eigenvalue weighted by Crippen LogP contribution is -2.26. The minimum atomic E-state index is -0.124. The maximum absolute atomic E-state index is 10.1. The van der Waals surface area contributed by atoms with E-state index in [9.17, 15) is 5.26 Å². The van der Waals surface area contributed by atoms with Gasteiger partial charge < -0.3 is 5.11 Å². The molecular weight excluding hydrogens is 426 g/mol. The first-order chi connectivity index (χ1) is 17.2. The molecular formula is C33H47NO. The number of unbranched alkanes of at least 4 members (excludes halogenated alkanes) is 8. The van der Waals surface area contributed by atoms with E-state index in [1.54, 1.807) is 0 Å². The molecule has 0 aromatic heterocycles. The zero-order valence-electron chi connectivity index (χ0n) is 22.1. The van der Waals surface area contributed by atoms with Crippen LogP contribution in [0.1, 0.15) is 120 Å². The second-order valence-electron chi connectivity index (χ2n) is 10.9. The van der Waals surface area contributed by atoms with Crippen LogP contribution in [0.15, 0.2) is 48.5 Å². The zero-order chi connectivity index (χ0) is 24.8. The first-order valence-corrected chi connectivity index (χ1v) is 14.4. The Kier molecular flexibility index (Phi) is 11.9. The molecule has 35 heavy (non-hydrogen) atoms. The smallest absolute Gasteiger partial charge is 0.0689 e. The summed E-state index contributed by atoms with van der Waals surface area (Å²) in [5, 5.41) is 19.0. The number of aliphatic hydroxyl groups is 1. The van der Waals surface area contributed by atoms with Crippen LogP contribution in [0.25, 0.3) is 11.1 Å². The highest BCUT2D eigenvalue weighted by atomic mass is 16.2. The molecule has 1 N–H and O–H groups in total. The third-order valence-corrected chi connectivity index (χ3v) is 8.10. The van der Waals surface area contributed by atoms with Gasteiger partial charge in [0, 0.05) is 6.61 Å². The van der Waals surface area contributed by atoms with Crippen molar-refractivity contribution in [1.82, 2.24) is 0 Å². The molecule has 2 atom stereocenters. The molecule has 2 unspecified atom stereocenters. The predicted octanol–water partition coefficient (Wildman–Crippen LogP) is 9.37. The summed E-state index contributed by atoms with van der Waals surface area (Å²) in [6.45, 7) is 2.56. The van der Waals surface area contributed by atoms with E-state index in [0.717, 1.165) is 38.5 Å². The highest BCUT2D eigenvalue weighted by Gasteiger charge is 2.36. The summed E-state index contributed by atoms with van der Waals surface area (Å²) >= 11 is 0. The normalized spacial score (nSPS) is 20.0. The van der Waals surface area contributed by atoms with Crippen molar-refractivity contribution < 1.29 is 5.11 Å². The number of rotatable bonds is 15. The summed E-state index contributed by atoms with van der Waals surface area (Å²) in [5.74, 6) is 0.517. The lowest BCUT2D eigenvalue weighted by molar-refractivity contribution is 0.218. The molecule has 1 fully saturated rings. The molecule has 2 aromatic carbocycles. The number of nitrogens with zero attached hydrogens (tertiary/aromatic N) is 1. The molecule has 0 aliphatic heterocycles. The molecule has 2 nitrogen and oxygen atoms in total. The maximum atomic E-state index is 10.1. The van der Waals surface area contributed by atoms with Crippen LogP contribution in [0.5, 0.6) is 0 Å². The van der Waals surface area contributed by atoms with Crippen LogP contribution >= 0.6 is 0 Å². The third-order valence-electron chi connectivity index (χ3n) is 8.10. The van der Waals surface area contributed by atoms with E-state index < -0.39 is 0 Å². The molecule has 0 bridgehead atoms. The Morgan fingerprint density at radius 1 is 0.829 bits per heavy atom. The van der Waals surface area contributed by atoms with Gasteiger partial charge in [-0.25, -0.2) is 0 Å². The van der Waals surface area contributed by atoms with Crippen molar-refractivity contribution in [2.24, 2.45) is 5.41 Å². The molecule has 1 aliphatic carbocycles. The highest BCUT2D eigenvalue weighted by Crippen LogP contribution is 2.46. The highest BCUT2D eigenvalue weighted by molar-refractivity contribution is 5.64. The quantitative estimate of drug-likeness (QED) is 0.262. The Morgan fingerprint density at radius 2 is 1.40 bits per heavy atom. The monoisotopic (exact) mass is 473 g/mol. The second-order valence-corrected chi connectivity index (χ2v) is 10.9. The lowest BCUT2D eigenvalue weighted by atomic mass is 9.66. The zero-order valence-corrected chi connectivity index (χ0v) is 22.1. The number of hydrogen-bond acceptors (Lipinski definition) is 2. The Balaban J connectivity index is 1.45. The van der Waals surface area contributed by atoms with Gasteiger partial charge in [-0.1, -0.05) is 120 Å². The van der Waals surface area contributed by atoms with Gasteiger partial charge in [-0.2, -0.15) is 5.26 Å². The fraction of sp³-hybridized carbons (Fsp3) is 0.606. The minimum Gasteiger partial charge on any atom is -0.396 e. The van der Waals surface area contributed by atoms with Crippen LogP contribution in [0, 0.1) is 16.7 Å². The van der Waals surface area contributed by atoms with Crippen molar-refractivity contribution in [3.8, 4) is 17.2 Å². The summed E-state index contributed by atoms with van der Waals surface area (Å²) in [5.41, 5.74) is 5.28. The average Bonchev–Trinajstić information content (AvgIpc) is 2.91. The summed E-state index contributed by atoms with van der Waals surface area (Å²) in [6.07, 6.45) is 18.9. The molecule has 0 radical (unpaired) electrons. The van der Waals surface area contributed by atoms with Gasteiger partial charge in [0.25, 0.3) is 0 Å². The van der Waals surface area contributed by atoms with Gasteiger partial charge in [0.15, 0.2) is 0 Å². The van der Waals surface area contributed by atoms with Crippen LogP contribution in [-0.2, 0) is 6.42 Å². The Bertz CT molecular complexity index is 879. The molecule has 0 heterocycles. The third kappa shape index (κ3) is 8.80. The first-order valence-electron chi connectivity index (χ1n) is 14.4. The maximum Gasteiger partial charge on any atom is 0.0689 e. The van der Waals surface area contributed by atoms with E-state index in [-0.39, 0.29) is 5.41 Å². The number of aliphatic hydroxyl groups excluding tert-OH is 1. The van der Waals surface area contributed by atoms with Crippen molar-refractivity contribution >= 4 is 0 Å². The van der Waals surface area contributed by atoms with E-state index in [2.05, 4.69) is 61.5 Å². The number of nitriles is 1. The summed E-state index contributed by atoms with van der Waals surface area (Å²) in [4.78, 5) is 0. The van der Waals surface area contributed by atoms with E-state index in [1.807, 2.05) is 0 Å². The Hall–Kier alpha value is -2.11. The van der Waals surface area contributed by atoms with Crippen molar-refractivity contribution in [1.29, 1.82) is 5.26 Å². The van der Waals surface area contributed by atoms with Crippen molar-refractivity contribution in [3.05, 3.63) is 59.7 Å². The van der Waals surface area contributed by atoms with Gasteiger partial charge in [-0.3, -0.25) is 0 Å². The Labute approximate surface area is 214 Å². The number of benzene rings is 2. The first kappa shape index (κ1) is 27.5. The van der Waals surface area contributed by atoms with Gasteiger partial charge in [0.2, 0.25) is 0 Å². The van der Waals surface area contributed by atoms with Crippen LogP contribution < -0.4 is 0 Å². The minimum absolute atomic E-state index is 0.124. The largest absolute Gasteiger partial charge is 0.396 e. The van der Waals surface area contributed by atoms with Gasteiger partial charge in [0.05, 0.1) is 11.5 Å². The van der Waals surface area contributed by atoms with Crippen molar-refractivity contribution in [2.75, 3.05) is 6.61 Å². The lowest BCUT2D eigenvalue weighted by Gasteiger charge is -2.36. The summed E-state index contributed by atoms with van der Waals surface area (Å²) in [6, 6.07) is 21.0. The van der Waals surface area contributed by atoms with Crippen LogP contribution in [0.4, 0.5) is 0 Å². The molecule has 1 aliphatic rings. The summed E-state index contributed by atoms with van der Waals surface area (Å²) < 4.78 is 0. The molecule has 2 heteroatoms. The van der Waals surface area contributed by atoms with Gasteiger partial charge in [0.1, 0.15) is 0 Å². The molecule has 0 saturated heterocycles. The number of hydrogen-bond donors (Lipinski definition) is 1. The topological polar surface area (TPSA) is 44.0 Å². The van der Waals surface area contributed by atoms with Crippen LogP contribution in [0.2, 0.25) is 0 Å². The fourth-order valence-corrected chi connectivity index (χ4v) is 5.94. The van der Waals surface area contributed by atoms with E-state index in [4.69, 9.17) is 5.11 Å². The molecule has 2 aromatic rings. The van der Waals surface area contributed by atoms with E-state index in [0.29, 0.717) is 12.5 Å². The van der Waals surface area contributed by atoms with E-state index in [1.165, 1.54) is 86.5 Å². The average molecular weight is 474 g/mol. The van der Waals surface area contributed by atoms with E-state index >= 15 is 0 Å². The van der Waals surface area contributed by atoms with Gasteiger partial charge in [-0.05, 0) is 66.7 Å². The SMILES string of the molecule is CCCc1ccc(-c2ccc(C3CCCC(C#N)(CCCCCCCCCCCO)C3)cc2)cc1. The second kappa shape index (κ2) is 15.1. The molecule has 1 saturated carbocycles. The van der Waals surface area contributed by atoms with Crippen molar-refractivity contribution in [3.63, 3.8) is 0 Å². The van der Waals surface area contributed by atoms with Crippen molar-refractivity contribution in [2.45, 2.75) is 116 Å². The summed E-state index contributed by atoms with van der Waals surface area (Å²) in [7, 11) is 0. The molecule has 0 spiro atoms. The van der Waals surface area contributed by atoms with Gasteiger partial charge >= 0.3 is 0 Å². The molecule has 190 valence electrons. The molecule has 0 amide bonds. The van der Waals surface area contributed by atoms with Gasteiger partial charge in [-0.15, -0.1) is 0 Å².